The molecule has 0 aliphatic rings. The maximum atomic E-state index is 15.5. The van der Waals surface area contributed by atoms with Crippen molar-refractivity contribution in [2.24, 2.45) is 0 Å². The number of carbonyl (C=O) groups is 1. The zero-order valence-electron chi connectivity index (χ0n) is 16.6. The van der Waals surface area contributed by atoms with Crippen molar-refractivity contribution in [2.75, 3.05) is 0 Å². The highest BCUT2D eigenvalue weighted by Crippen LogP contribution is 2.43. The molecule has 156 valence electrons. The van der Waals surface area contributed by atoms with Crippen LogP contribution in [0.25, 0.3) is 27.5 Å². The number of rotatable bonds is 5. The van der Waals surface area contributed by atoms with Gasteiger partial charge in [-0.25, -0.2) is 13.2 Å². The Kier molecular flexibility index (Phi) is 4.80. The second-order valence-corrected chi connectivity index (χ2v) is 7.71. The first-order valence-electron chi connectivity index (χ1n) is 9.52. The number of nitrogens with one attached hydrogen (secondary N) is 1. The Hall–Kier alpha value is -3.29. The second kappa shape index (κ2) is 7.19. The van der Waals surface area contributed by atoms with Gasteiger partial charge in [-0.3, -0.25) is 9.89 Å². The quantitative estimate of drug-likeness (QED) is 0.439. The first kappa shape index (κ1) is 20.0. The van der Waals surface area contributed by atoms with Crippen molar-refractivity contribution in [3.05, 3.63) is 58.9 Å². The molecule has 0 bridgehead atoms. The number of hydrogen-bond donors (Lipinski definition) is 2. The van der Waals surface area contributed by atoms with E-state index in [1.165, 1.54) is 12.3 Å². The van der Waals surface area contributed by atoms with Gasteiger partial charge in [-0.15, -0.1) is 0 Å². The molecule has 4 aromatic rings. The minimum Gasteiger partial charge on any atom is -0.481 e. The zero-order chi connectivity index (χ0) is 21.7. The van der Waals surface area contributed by atoms with Crippen LogP contribution < -0.4 is 0 Å². The summed E-state index contributed by atoms with van der Waals surface area (Å²) in [6.07, 6.45) is -1.24. The van der Waals surface area contributed by atoms with Gasteiger partial charge in [0.2, 0.25) is 0 Å². The number of aryl methyl sites for hydroxylation is 1. The van der Waals surface area contributed by atoms with Gasteiger partial charge < -0.3 is 9.67 Å². The zero-order valence-corrected chi connectivity index (χ0v) is 16.6. The summed E-state index contributed by atoms with van der Waals surface area (Å²) in [5.41, 5.74) is 1.87. The van der Waals surface area contributed by atoms with Crippen molar-refractivity contribution in [1.82, 2.24) is 14.8 Å². The molecule has 0 aliphatic heterocycles. The standard InChI is InChI=1S/C22H20F3N3O2/c1-10(2)22-18(15(24)8-17(29)30)19-16(7-12-9-26-27-21(12)20(19)25)28(22)13-4-5-14(23)11(3)6-13/h4-7,9-10,15H,8H2,1-3H3,(H,26,27)(H,29,30)/t15-/m0/s1. The number of carboxylic acids is 1. The summed E-state index contributed by atoms with van der Waals surface area (Å²) in [4.78, 5) is 11.2. The first-order valence-corrected chi connectivity index (χ1v) is 9.52. The lowest BCUT2D eigenvalue weighted by Gasteiger charge is -2.17. The van der Waals surface area contributed by atoms with Gasteiger partial charge >= 0.3 is 5.97 Å². The Morgan fingerprint density at radius 3 is 2.63 bits per heavy atom. The summed E-state index contributed by atoms with van der Waals surface area (Å²) in [6, 6.07) is 6.13. The van der Waals surface area contributed by atoms with Crippen LogP contribution in [0.15, 0.2) is 30.5 Å². The number of benzene rings is 2. The molecule has 0 aliphatic carbocycles. The van der Waals surface area contributed by atoms with E-state index in [0.29, 0.717) is 27.8 Å². The molecule has 8 heteroatoms. The van der Waals surface area contributed by atoms with Crippen molar-refractivity contribution in [2.45, 2.75) is 39.3 Å². The molecule has 30 heavy (non-hydrogen) atoms. The molecule has 1 atom stereocenters. The normalized spacial score (nSPS) is 12.9. The van der Waals surface area contributed by atoms with Crippen LogP contribution in [0.1, 0.15) is 49.2 Å². The predicted molar refractivity (Wildman–Crippen MR) is 108 cm³/mol. The van der Waals surface area contributed by atoms with Gasteiger partial charge in [0.1, 0.15) is 17.5 Å². The number of alkyl halides is 1. The van der Waals surface area contributed by atoms with Crippen molar-refractivity contribution in [1.29, 1.82) is 0 Å². The van der Waals surface area contributed by atoms with Crippen LogP contribution in [0.3, 0.4) is 0 Å². The number of aromatic amines is 1. The highest BCUT2D eigenvalue weighted by molar-refractivity contribution is 6.00. The third kappa shape index (κ3) is 3.03. The minimum absolute atomic E-state index is 0.00150. The molecular formula is C22H20F3N3O2. The fourth-order valence-corrected chi connectivity index (χ4v) is 4.04. The van der Waals surface area contributed by atoms with E-state index in [2.05, 4.69) is 10.2 Å². The third-order valence-electron chi connectivity index (χ3n) is 5.30. The number of aliphatic carboxylic acids is 1. The van der Waals surface area contributed by atoms with Crippen LogP contribution >= 0.6 is 0 Å². The molecular weight excluding hydrogens is 395 g/mol. The largest absolute Gasteiger partial charge is 0.481 e. The molecule has 2 heterocycles. The number of aromatic nitrogens is 3. The van der Waals surface area contributed by atoms with Crippen LogP contribution in [0.2, 0.25) is 0 Å². The van der Waals surface area contributed by atoms with Gasteiger partial charge in [0.05, 0.1) is 18.1 Å². The monoisotopic (exact) mass is 415 g/mol. The molecule has 0 spiro atoms. The molecule has 2 aromatic carbocycles. The number of H-pyrrole nitrogens is 1. The van der Waals surface area contributed by atoms with E-state index in [1.54, 1.807) is 29.7 Å². The summed E-state index contributed by atoms with van der Waals surface area (Å²) >= 11 is 0. The molecule has 2 aromatic heterocycles. The molecule has 0 fully saturated rings. The molecule has 0 amide bonds. The lowest BCUT2D eigenvalue weighted by molar-refractivity contribution is -0.138. The maximum Gasteiger partial charge on any atom is 0.306 e. The van der Waals surface area contributed by atoms with Gasteiger partial charge in [0, 0.05) is 27.7 Å². The predicted octanol–water partition coefficient (Wildman–Crippen LogP) is 5.70. The number of nitrogens with zero attached hydrogens (tertiary/aromatic N) is 2. The minimum atomic E-state index is -1.92. The Bertz CT molecular complexity index is 1290. The molecule has 0 saturated carbocycles. The van der Waals surface area contributed by atoms with Crippen LogP contribution in [0.4, 0.5) is 13.2 Å². The fourth-order valence-electron chi connectivity index (χ4n) is 4.04. The van der Waals surface area contributed by atoms with Crippen molar-refractivity contribution >= 4 is 27.8 Å². The molecule has 2 N–H and O–H groups in total. The number of fused-ring (bicyclic) bond motifs is 2. The van der Waals surface area contributed by atoms with E-state index in [1.807, 2.05) is 13.8 Å². The van der Waals surface area contributed by atoms with Crippen LogP contribution in [-0.2, 0) is 4.79 Å². The Morgan fingerprint density at radius 2 is 2.00 bits per heavy atom. The van der Waals surface area contributed by atoms with E-state index in [4.69, 9.17) is 5.11 Å². The van der Waals surface area contributed by atoms with E-state index < -0.39 is 24.4 Å². The van der Waals surface area contributed by atoms with Crippen molar-refractivity contribution in [3.63, 3.8) is 0 Å². The summed E-state index contributed by atoms with van der Waals surface area (Å²) < 4.78 is 46.4. The number of carboxylic acid groups (broad SMARTS) is 1. The van der Waals surface area contributed by atoms with Crippen LogP contribution in [-0.4, -0.2) is 25.8 Å². The van der Waals surface area contributed by atoms with Gasteiger partial charge in [-0.2, -0.15) is 5.10 Å². The molecule has 0 radical (unpaired) electrons. The highest BCUT2D eigenvalue weighted by Gasteiger charge is 2.31. The lowest BCUT2D eigenvalue weighted by atomic mass is 9.97. The topological polar surface area (TPSA) is 70.9 Å². The van der Waals surface area contributed by atoms with E-state index >= 15 is 8.78 Å². The third-order valence-corrected chi connectivity index (χ3v) is 5.30. The summed E-state index contributed by atoms with van der Waals surface area (Å²) in [7, 11) is 0. The van der Waals surface area contributed by atoms with Gasteiger partial charge in [-0.05, 0) is 42.7 Å². The summed E-state index contributed by atoms with van der Waals surface area (Å²) in [6.45, 7) is 5.25. The average Bonchev–Trinajstić information content (AvgIpc) is 3.26. The number of halogens is 3. The number of hydrogen-bond acceptors (Lipinski definition) is 2. The molecule has 5 nitrogen and oxygen atoms in total. The van der Waals surface area contributed by atoms with Gasteiger partial charge in [0.25, 0.3) is 0 Å². The van der Waals surface area contributed by atoms with Crippen molar-refractivity contribution in [3.8, 4) is 5.69 Å². The van der Waals surface area contributed by atoms with E-state index in [0.717, 1.165) is 0 Å². The van der Waals surface area contributed by atoms with E-state index in [-0.39, 0.29) is 28.2 Å². The summed E-state index contributed by atoms with van der Waals surface area (Å²) in [5.74, 6) is -2.67. The van der Waals surface area contributed by atoms with Gasteiger partial charge in [0.15, 0.2) is 5.82 Å². The second-order valence-electron chi connectivity index (χ2n) is 7.71. The smallest absolute Gasteiger partial charge is 0.306 e. The van der Waals surface area contributed by atoms with E-state index in [9.17, 15) is 9.18 Å². The molecule has 0 unspecified atom stereocenters. The maximum absolute atomic E-state index is 15.5. The lowest BCUT2D eigenvalue weighted by Crippen LogP contribution is -2.08. The highest BCUT2D eigenvalue weighted by atomic mass is 19.1. The van der Waals surface area contributed by atoms with Crippen LogP contribution in [0.5, 0.6) is 0 Å². The van der Waals surface area contributed by atoms with Crippen molar-refractivity contribution < 1.29 is 23.1 Å². The fraction of sp³-hybridized carbons (Fsp3) is 0.273. The van der Waals surface area contributed by atoms with Gasteiger partial charge in [-0.1, -0.05) is 13.8 Å². The first-order chi connectivity index (χ1) is 14.2. The molecule has 4 rings (SSSR count). The SMILES string of the molecule is Cc1cc(-n2c(C(C)C)c([C@@H](F)CC(=O)O)c3c(F)c4[nH]ncc4cc32)ccc1F. The van der Waals surface area contributed by atoms with Crippen LogP contribution in [0, 0.1) is 18.6 Å². The average molecular weight is 415 g/mol. The Balaban J connectivity index is 2.18. The summed E-state index contributed by atoms with van der Waals surface area (Å²) in [5, 5.41) is 16.1. The Labute approximate surface area is 170 Å². The molecule has 0 saturated heterocycles. The Morgan fingerprint density at radius 1 is 1.27 bits per heavy atom.